The van der Waals surface area contributed by atoms with Crippen LogP contribution in [0.15, 0.2) is 23.1 Å². The third-order valence-corrected chi connectivity index (χ3v) is 8.61. The molecule has 1 aromatic rings. The molecular formula is C22H34N4O4S. The van der Waals surface area contributed by atoms with Crippen molar-refractivity contribution in [2.24, 2.45) is 5.92 Å². The SMILES string of the molecule is CCN1CCN(c2ccc(S(=O)(=O)N3CCOCC3)cc2NC(=O)C2CCCC2)CC1. The average Bonchev–Trinajstić information content (AvgIpc) is 3.35. The van der Waals surface area contributed by atoms with E-state index in [0.29, 0.717) is 32.0 Å². The van der Waals surface area contributed by atoms with Gasteiger partial charge in [-0.2, -0.15) is 4.31 Å². The molecule has 1 aromatic carbocycles. The molecule has 4 rings (SSSR count). The van der Waals surface area contributed by atoms with Crippen molar-refractivity contribution in [2.45, 2.75) is 37.5 Å². The quantitative estimate of drug-likeness (QED) is 0.714. The van der Waals surface area contributed by atoms with Gasteiger partial charge in [-0.05, 0) is 37.6 Å². The van der Waals surface area contributed by atoms with E-state index >= 15 is 0 Å². The molecule has 1 N–H and O–H groups in total. The van der Waals surface area contributed by atoms with Crippen LogP contribution in [0.3, 0.4) is 0 Å². The fourth-order valence-corrected chi connectivity index (χ4v) is 6.15. The molecule has 3 aliphatic rings. The number of hydrogen-bond acceptors (Lipinski definition) is 6. The molecule has 1 aliphatic carbocycles. The van der Waals surface area contributed by atoms with Crippen molar-refractivity contribution in [2.75, 3.05) is 69.2 Å². The molecule has 0 unspecified atom stereocenters. The number of ether oxygens (including phenoxy) is 1. The van der Waals surface area contributed by atoms with Gasteiger partial charge in [-0.25, -0.2) is 8.42 Å². The van der Waals surface area contributed by atoms with Crippen molar-refractivity contribution in [1.82, 2.24) is 9.21 Å². The molecule has 0 spiro atoms. The van der Waals surface area contributed by atoms with Gasteiger partial charge < -0.3 is 19.9 Å². The maximum Gasteiger partial charge on any atom is 0.243 e. The zero-order valence-electron chi connectivity index (χ0n) is 18.4. The van der Waals surface area contributed by atoms with Gasteiger partial charge in [0, 0.05) is 45.2 Å². The predicted molar refractivity (Wildman–Crippen MR) is 121 cm³/mol. The first kappa shape index (κ1) is 22.5. The molecule has 1 amide bonds. The minimum Gasteiger partial charge on any atom is -0.379 e. The first-order valence-corrected chi connectivity index (χ1v) is 12.9. The molecule has 31 heavy (non-hydrogen) atoms. The van der Waals surface area contributed by atoms with Crippen LogP contribution in [-0.4, -0.2) is 82.6 Å². The smallest absolute Gasteiger partial charge is 0.243 e. The Bertz CT molecular complexity index is 871. The highest BCUT2D eigenvalue weighted by molar-refractivity contribution is 7.89. The number of carbonyl (C=O) groups is 1. The molecule has 1 saturated carbocycles. The summed E-state index contributed by atoms with van der Waals surface area (Å²) in [7, 11) is -3.62. The summed E-state index contributed by atoms with van der Waals surface area (Å²) in [6, 6.07) is 5.19. The molecule has 0 aromatic heterocycles. The maximum atomic E-state index is 13.2. The number of anilines is 2. The number of piperazine rings is 1. The van der Waals surface area contributed by atoms with Gasteiger partial charge in [-0.1, -0.05) is 19.8 Å². The number of benzene rings is 1. The van der Waals surface area contributed by atoms with E-state index < -0.39 is 10.0 Å². The lowest BCUT2D eigenvalue weighted by Crippen LogP contribution is -2.46. The highest BCUT2D eigenvalue weighted by atomic mass is 32.2. The van der Waals surface area contributed by atoms with E-state index in [0.717, 1.165) is 64.1 Å². The first-order valence-electron chi connectivity index (χ1n) is 11.5. The molecule has 2 heterocycles. The minimum atomic E-state index is -3.62. The van der Waals surface area contributed by atoms with E-state index in [9.17, 15) is 13.2 Å². The van der Waals surface area contributed by atoms with Gasteiger partial charge in [0.05, 0.1) is 29.5 Å². The predicted octanol–water partition coefficient (Wildman–Crippen LogP) is 1.98. The lowest BCUT2D eigenvalue weighted by molar-refractivity contribution is -0.119. The number of carbonyl (C=O) groups excluding carboxylic acids is 1. The normalized spacial score (nSPS) is 22.0. The molecule has 3 fully saturated rings. The Labute approximate surface area is 185 Å². The Hall–Kier alpha value is -1.68. The minimum absolute atomic E-state index is 0.00636. The number of amides is 1. The largest absolute Gasteiger partial charge is 0.379 e. The van der Waals surface area contributed by atoms with Crippen molar-refractivity contribution in [3.8, 4) is 0 Å². The second-order valence-corrected chi connectivity index (χ2v) is 10.5. The summed E-state index contributed by atoms with van der Waals surface area (Å²) in [5.41, 5.74) is 1.51. The molecule has 8 nitrogen and oxygen atoms in total. The summed E-state index contributed by atoms with van der Waals surface area (Å²) in [6.07, 6.45) is 3.97. The summed E-state index contributed by atoms with van der Waals surface area (Å²) in [5.74, 6) is 0.0242. The summed E-state index contributed by atoms with van der Waals surface area (Å²) < 4.78 is 33.1. The van der Waals surface area contributed by atoms with E-state index in [1.54, 1.807) is 12.1 Å². The van der Waals surface area contributed by atoms with Gasteiger partial charge in [-0.15, -0.1) is 0 Å². The number of nitrogens with one attached hydrogen (secondary N) is 1. The summed E-state index contributed by atoms with van der Waals surface area (Å²) >= 11 is 0. The van der Waals surface area contributed by atoms with Gasteiger partial charge in [0.1, 0.15) is 0 Å². The monoisotopic (exact) mass is 450 g/mol. The van der Waals surface area contributed by atoms with Crippen LogP contribution in [0.5, 0.6) is 0 Å². The fourth-order valence-electron chi connectivity index (χ4n) is 4.72. The molecule has 172 valence electrons. The first-order chi connectivity index (χ1) is 15.0. The second-order valence-electron chi connectivity index (χ2n) is 8.59. The second kappa shape index (κ2) is 9.85. The molecule has 2 saturated heterocycles. The average molecular weight is 451 g/mol. The number of rotatable bonds is 6. The topological polar surface area (TPSA) is 82.2 Å². The van der Waals surface area contributed by atoms with Crippen LogP contribution in [0.25, 0.3) is 0 Å². The van der Waals surface area contributed by atoms with Gasteiger partial charge in [0.25, 0.3) is 0 Å². The van der Waals surface area contributed by atoms with E-state index in [-0.39, 0.29) is 16.7 Å². The maximum absolute atomic E-state index is 13.2. The highest BCUT2D eigenvalue weighted by Gasteiger charge is 2.29. The number of likely N-dealkylation sites (N-methyl/N-ethyl adjacent to an activating group) is 1. The van der Waals surface area contributed by atoms with Crippen LogP contribution in [-0.2, 0) is 19.6 Å². The van der Waals surface area contributed by atoms with Gasteiger partial charge >= 0.3 is 0 Å². The molecule has 9 heteroatoms. The van der Waals surface area contributed by atoms with Crippen LogP contribution < -0.4 is 10.2 Å². The van der Waals surface area contributed by atoms with Gasteiger partial charge in [-0.3, -0.25) is 4.79 Å². The molecule has 0 atom stereocenters. The van der Waals surface area contributed by atoms with Crippen LogP contribution in [0, 0.1) is 5.92 Å². The van der Waals surface area contributed by atoms with Crippen molar-refractivity contribution < 1.29 is 17.9 Å². The number of nitrogens with zero attached hydrogens (tertiary/aromatic N) is 3. The van der Waals surface area contributed by atoms with Crippen molar-refractivity contribution in [1.29, 1.82) is 0 Å². The lowest BCUT2D eigenvalue weighted by atomic mass is 10.1. The molecule has 2 aliphatic heterocycles. The Balaban J connectivity index is 1.62. The summed E-state index contributed by atoms with van der Waals surface area (Å²) in [6.45, 7) is 8.34. The van der Waals surface area contributed by atoms with Crippen molar-refractivity contribution in [3.63, 3.8) is 0 Å². The van der Waals surface area contributed by atoms with E-state index in [1.165, 1.54) is 4.31 Å². The van der Waals surface area contributed by atoms with Crippen LogP contribution in [0.4, 0.5) is 11.4 Å². The highest BCUT2D eigenvalue weighted by Crippen LogP contribution is 2.33. The third-order valence-electron chi connectivity index (χ3n) is 6.72. The van der Waals surface area contributed by atoms with Crippen molar-refractivity contribution >= 4 is 27.3 Å². The van der Waals surface area contributed by atoms with Crippen LogP contribution >= 0.6 is 0 Å². The van der Waals surface area contributed by atoms with Crippen LogP contribution in [0.1, 0.15) is 32.6 Å². The Morgan fingerprint density at radius 1 is 1.06 bits per heavy atom. The van der Waals surface area contributed by atoms with Gasteiger partial charge in [0.15, 0.2) is 0 Å². The zero-order valence-corrected chi connectivity index (χ0v) is 19.2. The fraction of sp³-hybridized carbons (Fsp3) is 0.682. The molecule has 0 bridgehead atoms. The number of sulfonamides is 1. The Morgan fingerprint density at radius 2 is 1.74 bits per heavy atom. The number of hydrogen-bond donors (Lipinski definition) is 1. The summed E-state index contributed by atoms with van der Waals surface area (Å²) in [5, 5.41) is 3.09. The zero-order chi connectivity index (χ0) is 21.8. The van der Waals surface area contributed by atoms with E-state index in [1.807, 2.05) is 6.07 Å². The Morgan fingerprint density at radius 3 is 2.39 bits per heavy atom. The van der Waals surface area contributed by atoms with E-state index in [2.05, 4.69) is 22.0 Å². The van der Waals surface area contributed by atoms with E-state index in [4.69, 9.17) is 4.74 Å². The number of morpholine rings is 1. The lowest BCUT2D eigenvalue weighted by Gasteiger charge is -2.36. The van der Waals surface area contributed by atoms with Crippen molar-refractivity contribution in [3.05, 3.63) is 18.2 Å². The Kier molecular flexibility index (Phi) is 7.15. The third kappa shape index (κ3) is 5.05. The standard InChI is InChI=1S/C22H34N4O4S/c1-2-24-9-11-25(12-10-24)21-8-7-19(31(28,29)26-13-15-30-16-14-26)17-20(21)23-22(27)18-5-3-4-6-18/h7-8,17-18H,2-6,9-16H2,1H3,(H,23,27). The molecular weight excluding hydrogens is 416 g/mol. The molecule has 0 radical (unpaired) electrons. The van der Waals surface area contributed by atoms with Gasteiger partial charge in [0.2, 0.25) is 15.9 Å². The van der Waals surface area contributed by atoms with Crippen LogP contribution in [0.2, 0.25) is 0 Å². The summed E-state index contributed by atoms with van der Waals surface area (Å²) in [4.78, 5) is 17.8.